The third kappa shape index (κ3) is 3.98. The number of nitrogens with zero attached hydrogens (tertiary/aromatic N) is 3. The molecule has 37 heavy (non-hydrogen) atoms. The van der Waals surface area contributed by atoms with Crippen LogP contribution in [0.5, 0.6) is 17.2 Å². The van der Waals surface area contributed by atoms with Gasteiger partial charge in [0.1, 0.15) is 23.7 Å². The van der Waals surface area contributed by atoms with Crippen molar-refractivity contribution in [2.75, 3.05) is 25.8 Å². The van der Waals surface area contributed by atoms with Crippen LogP contribution in [-0.4, -0.2) is 35.2 Å². The van der Waals surface area contributed by atoms with Gasteiger partial charge in [0, 0.05) is 21.7 Å². The number of nitrogens with one attached hydrogen (secondary N) is 1. The molecule has 188 valence electrons. The smallest absolute Gasteiger partial charge is 0.227 e. The lowest BCUT2D eigenvalue weighted by Gasteiger charge is -2.39. The van der Waals surface area contributed by atoms with Crippen LogP contribution in [0.1, 0.15) is 28.8 Å². The van der Waals surface area contributed by atoms with Crippen LogP contribution in [0.25, 0.3) is 5.70 Å². The molecule has 3 aromatic carbocycles. The molecule has 0 aliphatic carbocycles. The van der Waals surface area contributed by atoms with Crippen LogP contribution in [0.3, 0.4) is 0 Å². The van der Waals surface area contributed by atoms with Gasteiger partial charge in [0.2, 0.25) is 11.1 Å². The van der Waals surface area contributed by atoms with Gasteiger partial charge >= 0.3 is 0 Å². The summed E-state index contributed by atoms with van der Waals surface area (Å²) in [4.78, 5) is 4.68. The van der Waals surface area contributed by atoms with Crippen LogP contribution in [0.4, 0.5) is 10.3 Å². The molecule has 7 nitrogen and oxygen atoms in total. The number of thioether (sulfide) groups is 1. The average Bonchev–Trinajstić information content (AvgIpc) is 3.35. The Morgan fingerprint density at radius 2 is 1.76 bits per heavy atom. The summed E-state index contributed by atoms with van der Waals surface area (Å²) in [7, 11) is 3.20. The lowest BCUT2D eigenvalue weighted by atomic mass is 9.84. The van der Waals surface area contributed by atoms with Gasteiger partial charge in [-0.3, -0.25) is 0 Å². The summed E-state index contributed by atoms with van der Waals surface area (Å²) in [5.74, 6) is 2.14. The molecule has 1 aromatic heterocycles. The van der Waals surface area contributed by atoms with Gasteiger partial charge in [-0.1, -0.05) is 41.6 Å². The van der Waals surface area contributed by atoms with E-state index in [1.807, 2.05) is 41.3 Å². The van der Waals surface area contributed by atoms with E-state index in [0.29, 0.717) is 33.4 Å². The second-order valence-corrected chi connectivity index (χ2v) is 9.74. The summed E-state index contributed by atoms with van der Waals surface area (Å²) < 4.78 is 33.5. The minimum Gasteiger partial charge on any atom is -0.493 e. The van der Waals surface area contributed by atoms with Crippen LogP contribution >= 0.6 is 23.4 Å². The monoisotopic (exact) mass is 536 g/mol. The maximum atomic E-state index is 14.0. The Labute approximate surface area is 222 Å². The molecule has 2 aliphatic rings. The number of benzene rings is 3. The molecule has 0 saturated heterocycles. The third-order valence-corrected chi connectivity index (χ3v) is 7.27. The minimum absolute atomic E-state index is 0.316. The second-order valence-electron chi connectivity index (χ2n) is 8.53. The summed E-state index contributed by atoms with van der Waals surface area (Å²) >= 11 is 7.86. The lowest BCUT2D eigenvalue weighted by molar-refractivity contribution is 0.222. The Balaban J connectivity index is 1.62. The number of methoxy groups -OCH3 is 2. The van der Waals surface area contributed by atoms with Crippen LogP contribution < -0.4 is 19.5 Å². The van der Waals surface area contributed by atoms with E-state index >= 15 is 0 Å². The van der Waals surface area contributed by atoms with Crippen molar-refractivity contribution in [3.8, 4) is 17.2 Å². The first-order chi connectivity index (χ1) is 18.0. The highest BCUT2D eigenvalue weighted by Gasteiger charge is 2.41. The zero-order valence-electron chi connectivity index (χ0n) is 20.2. The van der Waals surface area contributed by atoms with E-state index < -0.39 is 12.1 Å². The van der Waals surface area contributed by atoms with Gasteiger partial charge in [-0.25, -0.2) is 9.07 Å². The third-order valence-electron chi connectivity index (χ3n) is 6.49. The number of fused-ring (bicyclic) bond motifs is 3. The van der Waals surface area contributed by atoms with E-state index in [0.717, 1.165) is 28.0 Å². The molecule has 0 spiro atoms. The second kappa shape index (κ2) is 9.32. The van der Waals surface area contributed by atoms with E-state index in [4.69, 9.17) is 30.9 Å². The highest BCUT2D eigenvalue weighted by Crippen LogP contribution is 2.52. The number of ether oxygens (including phenoxy) is 3. The van der Waals surface area contributed by atoms with E-state index in [-0.39, 0.29) is 5.82 Å². The molecule has 2 aliphatic heterocycles. The molecule has 0 amide bonds. The predicted molar refractivity (Wildman–Crippen MR) is 141 cm³/mol. The highest BCUT2D eigenvalue weighted by atomic mass is 35.5. The molecule has 0 fully saturated rings. The summed E-state index contributed by atoms with van der Waals surface area (Å²) in [5, 5.41) is 9.44. The quantitative estimate of drug-likeness (QED) is 0.297. The van der Waals surface area contributed by atoms with Gasteiger partial charge in [0.25, 0.3) is 0 Å². The first kappa shape index (κ1) is 23.7. The molecule has 0 unspecified atom stereocenters. The fourth-order valence-corrected chi connectivity index (χ4v) is 5.34. The van der Waals surface area contributed by atoms with Crippen LogP contribution in [0, 0.1) is 5.82 Å². The number of aromatic nitrogens is 3. The van der Waals surface area contributed by atoms with Crippen LogP contribution in [0.15, 0.2) is 71.4 Å². The van der Waals surface area contributed by atoms with Crippen LogP contribution in [0.2, 0.25) is 5.02 Å². The molecule has 4 aromatic rings. The van der Waals surface area contributed by atoms with Gasteiger partial charge in [-0.05, 0) is 54.3 Å². The Kier molecular flexibility index (Phi) is 5.97. The molecular weight excluding hydrogens is 515 g/mol. The molecule has 2 atom stereocenters. The fourth-order valence-electron chi connectivity index (χ4n) is 4.83. The predicted octanol–water partition coefficient (Wildman–Crippen LogP) is 6.37. The molecule has 10 heteroatoms. The van der Waals surface area contributed by atoms with Gasteiger partial charge in [-0.15, -0.1) is 5.10 Å². The first-order valence-corrected chi connectivity index (χ1v) is 13.1. The van der Waals surface area contributed by atoms with Crippen molar-refractivity contribution < 1.29 is 18.6 Å². The largest absolute Gasteiger partial charge is 0.493 e. The molecule has 0 saturated carbocycles. The van der Waals surface area contributed by atoms with Crippen molar-refractivity contribution in [1.29, 1.82) is 0 Å². The molecular formula is C27H22ClFN4O3S. The normalized spacial score (nSPS) is 17.8. The summed E-state index contributed by atoms with van der Waals surface area (Å²) in [6.07, 6.45) is 1.40. The topological polar surface area (TPSA) is 70.4 Å². The van der Waals surface area contributed by atoms with Crippen molar-refractivity contribution in [3.63, 3.8) is 0 Å². The zero-order chi connectivity index (χ0) is 25.7. The van der Waals surface area contributed by atoms with Gasteiger partial charge in [0.15, 0.2) is 11.5 Å². The Bertz CT molecular complexity index is 1540. The number of halogens is 2. The van der Waals surface area contributed by atoms with Crippen molar-refractivity contribution >= 4 is 35.0 Å². The van der Waals surface area contributed by atoms with E-state index in [9.17, 15) is 4.39 Å². The maximum absolute atomic E-state index is 14.0. The fraction of sp³-hybridized carbons (Fsp3) is 0.185. The van der Waals surface area contributed by atoms with Crippen LogP contribution in [-0.2, 0) is 0 Å². The molecule has 0 radical (unpaired) electrons. The average molecular weight is 537 g/mol. The van der Waals surface area contributed by atoms with Crippen molar-refractivity contribution in [2.45, 2.75) is 17.3 Å². The number of hydrogen-bond acceptors (Lipinski definition) is 7. The molecule has 0 bridgehead atoms. The maximum Gasteiger partial charge on any atom is 0.227 e. The SMILES string of the molecule is COc1ccc([C@@H]2Oc3ccc(Cl)cc3C3=C2[C@@H](c2ccc(F)cc2)n2nc(SC)nc2N3)cc1OC. The number of rotatable bonds is 5. The van der Waals surface area contributed by atoms with Gasteiger partial charge < -0.3 is 19.5 Å². The Hall–Kier alpha value is -3.69. The first-order valence-electron chi connectivity index (χ1n) is 11.5. The highest BCUT2D eigenvalue weighted by molar-refractivity contribution is 7.98. The molecule has 1 N–H and O–H groups in total. The molecule has 3 heterocycles. The number of anilines is 1. The van der Waals surface area contributed by atoms with Gasteiger partial charge in [-0.2, -0.15) is 4.98 Å². The van der Waals surface area contributed by atoms with E-state index in [2.05, 4.69) is 10.3 Å². The van der Waals surface area contributed by atoms with E-state index in [1.54, 1.807) is 32.4 Å². The Morgan fingerprint density at radius 3 is 2.49 bits per heavy atom. The Morgan fingerprint density at radius 1 is 1.00 bits per heavy atom. The lowest BCUT2D eigenvalue weighted by Crippen LogP contribution is -2.32. The van der Waals surface area contributed by atoms with E-state index in [1.165, 1.54) is 23.9 Å². The van der Waals surface area contributed by atoms with Gasteiger partial charge in [0.05, 0.1) is 19.9 Å². The van der Waals surface area contributed by atoms with Crippen molar-refractivity contribution in [3.05, 3.63) is 93.8 Å². The summed E-state index contributed by atoms with van der Waals surface area (Å²) in [6, 6.07) is 17.2. The standard InChI is InChI=1S/C27H22ClFN4O3S/c1-34-20-10-6-15(12-21(20)35-2)25-22-23(18-13-16(28)7-11-19(18)36-25)30-26-31-27(37-3)32-33(26)24(22)14-4-8-17(29)9-5-14/h4-13,24-25H,1-3H3,(H,30,31,32)/t24-,25+/m1/s1. The number of hydrogen-bond donors (Lipinski definition) is 1. The van der Waals surface area contributed by atoms with Crippen molar-refractivity contribution in [1.82, 2.24) is 14.8 Å². The zero-order valence-corrected chi connectivity index (χ0v) is 21.7. The minimum atomic E-state index is -0.527. The van der Waals surface area contributed by atoms with Crippen molar-refractivity contribution in [2.24, 2.45) is 0 Å². The molecule has 6 rings (SSSR count). The summed E-state index contributed by atoms with van der Waals surface area (Å²) in [6.45, 7) is 0. The summed E-state index contributed by atoms with van der Waals surface area (Å²) in [5.41, 5.74) is 4.22.